The van der Waals surface area contributed by atoms with E-state index in [9.17, 15) is 8.42 Å². The number of nitrogens with zero attached hydrogens (tertiary/aromatic N) is 3. The van der Waals surface area contributed by atoms with Gasteiger partial charge in [0, 0.05) is 12.2 Å². The van der Waals surface area contributed by atoms with Crippen LogP contribution in [0.15, 0.2) is 23.1 Å². The number of hydrogen-bond donors (Lipinski definition) is 3. The van der Waals surface area contributed by atoms with Gasteiger partial charge in [-0.1, -0.05) is 11.3 Å². The Balaban J connectivity index is 1.80. The van der Waals surface area contributed by atoms with Gasteiger partial charge in [-0.3, -0.25) is 0 Å². The van der Waals surface area contributed by atoms with E-state index in [2.05, 4.69) is 30.7 Å². The van der Waals surface area contributed by atoms with Crippen LogP contribution in [0.3, 0.4) is 0 Å². The lowest BCUT2D eigenvalue weighted by atomic mass is 10.0. The number of rotatable bonds is 4. The molecular formula is C11H14N6O2S. The van der Waals surface area contributed by atoms with Crippen LogP contribution in [-0.2, 0) is 23.0 Å². The van der Waals surface area contributed by atoms with Crippen molar-refractivity contribution in [3.63, 3.8) is 0 Å². The van der Waals surface area contributed by atoms with Crippen molar-refractivity contribution in [3.05, 3.63) is 29.6 Å². The number of aromatic nitrogens is 4. The van der Waals surface area contributed by atoms with E-state index in [0.717, 1.165) is 30.6 Å². The highest BCUT2D eigenvalue weighted by molar-refractivity contribution is 7.89. The van der Waals surface area contributed by atoms with Gasteiger partial charge in [-0.05, 0) is 30.5 Å². The summed E-state index contributed by atoms with van der Waals surface area (Å²) in [5, 5.41) is 16.2. The van der Waals surface area contributed by atoms with Gasteiger partial charge in [0.2, 0.25) is 10.0 Å². The van der Waals surface area contributed by atoms with E-state index in [1.165, 1.54) is 0 Å². The quantitative estimate of drug-likeness (QED) is 0.733. The number of hydrogen-bond acceptors (Lipinski definition) is 6. The van der Waals surface area contributed by atoms with Gasteiger partial charge in [0.05, 0.1) is 11.4 Å². The first-order valence-electron chi connectivity index (χ1n) is 6.24. The molecule has 2 heterocycles. The van der Waals surface area contributed by atoms with Crippen molar-refractivity contribution >= 4 is 15.7 Å². The molecule has 0 radical (unpaired) electrons. The predicted molar refractivity (Wildman–Crippen MR) is 71.5 cm³/mol. The Bertz CT molecular complexity index is 698. The average Bonchev–Trinajstić information content (AvgIpc) is 2.98. The minimum absolute atomic E-state index is 0.00332. The lowest BCUT2D eigenvalue weighted by Gasteiger charge is -2.18. The fourth-order valence-electron chi connectivity index (χ4n) is 2.11. The number of nitrogens with one attached hydrogen (secondary N) is 3. The molecule has 3 rings (SSSR count). The van der Waals surface area contributed by atoms with Crippen LogP contribution in [0, 0.1) is 0 Å². The fourth-order valence-corrected chi connectivity index (χ4v) is 3.11. The smallest absolute Gasteiger partial charge is 0.241 e. The number of fused-ring (bicyclic) bond motifs is 1. The topological polar surface area (TPSA) is 113 Å². The summed E-state index contributed by atoms with van der Waals surface area (Å²) in [6.07, 6.45) is 2.04. The second-order valence-electron chi connectivity index (χ2n) is 4.50. The highest BCUT2D eigenvalue weighted by atomic mass is 32.2. The standard InChI is InChI=1S/C11H14N6O2S/c18-20(19,13-7-11-14-16-17-15-11)9-4-3-8-2-1-5-12-10(8)6-9/h3-4,6,12-13H,1-2,5,7H2,(H,14,15,16,17). The van der Waals surface area contributed by atoms with Crippen LogP contribution in [0.1, 0.15) is 17.8 Å². The summed E-state index contributed by atoms with van der Waals surface area (Å²) in [6.45, 7) is 0.871. The van der Waals surface area contributed by atoms with Crippen LogP contribution < -0.4 is 10.0 Å². The normalized spacial score (nSPS) is 14.6. The number of anilines is 1. The van der Waals surface area contributed by atoms with Gasteiger partial charge >= 0.3 is 0 Å². The van der Waals surface area contributed by atoms with E-state index in [4.69, 9.17) is 0 Å². The summed E-state index contributed by atoms with van der Waals surface area (Å²) < 4.78 is 26.8. The van der Waals surface area contributed by atoms with Crippen molar-refractivity contribution in [2.45, 2.75) is 24.3 Å². The number of H-pyrrole nitrogens is 1. The monoisotopic (exact) mass is 294 g/mol. The number of sulfonamides is 1. The zero-order valence-electron chi connectivity index (χ0n) is 10.6. The molecule has 1 aliphatic rings. The molecule has 0 aliphatic carbocycles. The van der Waals surface area contributed by atoms with Crippen LogP contribution in [0.4, 0.5) is 5.69 Å². The van der Waals surface area contributed by atoms with Gasteiger partial charge < -0.3 is 5.32 Å². The van der Waals surface area contributed by atoms with Crippen LogP contribution in [0.25, 0.3) is 0 Å². The molecule has 20 heavy (non-hydrogen) atoms. The Kier molecular flexibility index (Phi) is 3.36. The molecule has 1 aromatic heterocycles. The van der Waals surface area contributed by atoms with Crippen molar-refractivity contribution in [2.75, 3.05) is 11.9 Å². The first kappa shape index (κ1) is 13.0. The maximum atomic E-state index is 12.2. The fraction of sp³-hybridized carbons (Fsp3) is 0.364. The zero-order valence-corrected chi connectivity index (χ0v) is 11.4. The third-order valence-corrected chi connectivity index (χ3v) is 4.54. The van der Waals surface area contributed by atoms with Gasteiger partial charge in [0.15, 0.2) is 5.82 Å². The molecule has 0 spiro atoms. The summed E-state index contributed by atoms with van der Waals surface area (Å²) in [4.78, 5) is 0.231. The molecule has 0 amide bonds. The minimum Gasteiger partial charge on any atom is -0.385 e. The first-order valence-corrected chi connectivity index (χ1v) is 7.72. The van der Waals surface area contributed by atoms with Gasteiger partial charge in [-0.15, -0.1) is 10.2 Å². The number of benzene rings is 1. The molecular weight excluding hydrogens is 280 g/mol. The maximum Gasteiger partial charge on any atom is 0.241 e. The molecule has 0 bridgehead atoms. The van der Waals surface area contributed by atoms with Crippen LogP contribution in [0.2, 0.25) is 0 Å². The second kappa shape index (κ2) is 5.17. The number of tetrazole rings is 1. The molecule has 0 unspecified atom stereocenters. The van der Waals surface area contributed by atoms with E-state index in [1.807, 2.05) is 6.07 Å². The van der Waals surface area contributed by atoms with Gasteiger partial charge in [-0.2, -0.15) is 5.21 Å². The highest BCUT2D eigenvalue weighted by Crippen LogP contribution is 2.25. The molecule has 1 aromatic carbocycles. The van der Waals surface area contributed by atoms with E-state index in [1.54, 1.807) is 12.1 Å². The van der Waals surface area contributed by atoms with Gasteiger partial charge in [0.1, 0.15) is 0 Å². The number of aromatic amines is 1. The molecule has 8 nitrogen and oxygen atoms in total. The molecule has 0 saturated carbocycles. The van der Waals surface area contributed by atoms with E-state index in [-0.39, 0.29) is 11.4 Å². The summed E-state index contributed by atoms with van der Waals surface area (Å²) in [6, 6.07) is 5.13. The summed E-state index contributed by atoms with van der Waals surface area (Å²) >= 11 is 0. The van der Waals surface area contributed by atoms with Crippen LogP contribution in [0.5, 0.6) is 0 Å². The third-order valence-electron chi connectivity index (χ3n) is 3.14. The minimum atomic E-state index is -3.58. The average molecular weight is 294 g/mol. The summed E-state index contributed by atoms with van der Waals surface area (Å²) in [5.74, 6) is 0.296. The summed E-state index contributed by atoms with van der Waals surface area (Å²) in [7, 11) is -3.58. The Morgan fingerprint density at radius 1 is 1.35 bits per heavy atom. The van der Waals surface area contributed by atoms with Crippen LogP contribution >= 0.6 is 0 Å². The van der Waals surface area contributed by atoms with E-state index >= 15 is 0 Å². The Morgan fingerprint density at radius 2 is 2.25 bits per heavy atom. The van der Waals surface area contributed by atoms with Gasteiger partial charge in [0.25, 0.3) is 0 Å². The molecule has 9 heteroatoms. The zero-order chi connectivity index (χ0) is 14.0. The maximum absolute atomic E-state index is 12.2. The lowest BCUT2D eigenvalue weighted by molar-refractivity contribution is 0.579. The largest absolute Gasteiger partial charge is 0.385 e. The van der Waals surface area contributed by atoms with E-state index < -0.39 is 10.0 Å². The first-order chi connectivity index (χ1) is 9.65. The molecule has 0 fully saturated rings. The Labute approximate surface area is 116 Å². The Hall–Kier alpha value is -2.00. The van der Waals surface area contributed by atoms with Crippen molar-refractivity contribution in [1.29, 1.82) is 0 Å². The molecule has 0 atom stereocenters. The van der Waals surface area contributed by atoms with Crippen molar-refractivity contribution in [3.8, 4) is 0 Å². The molecule has 1 aliphatic heterocycles. The highest BCUT2D eigenvalue weighted by Gasteiger charge is 2.18. The predicted octanol–water partition coefficient (Wildman–Crippen LogP) is 0.0363. The van der Waals surface area contributed by atoms with Gasteiger partial charge in [-0.25, -0.2) is 13.1 Å². The summed E-state index contributed by atoms with van der Waals surface area (Å²) in [5.41, 5.74) is 2.03. The van der Waals surface area contributed by atoms with Crippen molar-refractivity contribution < 1.29 is 8.42 Å². The van der Waals surface area contributed by atoms with E-state index in [0.29, 0.717) is 5.82 Å². The third kappa shape index (κ3) is 2.63. The Morgan fingerprint density at radius 3 is 3.05 bits per heavy atom. The molecule has 106 valence electrons. The van der Waals surface area contributed by atoms with Crippen molar-refractivity contribution in [1.82, 2.24) is 25.3 Å². The molecule has 0 saturated heterocycles. The molecule has 2 aromatic rings. The number of aryl methyl sites for hydroxylation is 1. The SMILES string of the molecule is O=S(=O)(NCc1nn[nH]n1)c1ccc2c(c1)NCCC2. The molecule has 3 N–H and O–H groups in total. The van der Waals surface area contributed by atoms with Crippen LogP contribution in [-0.4, -0.2) is 35.6 Å². The van der Waals surface area contributed by atoms with Crippen molar-refractivity contribution in [2.24, 2.45) is 0 Å². The second-order valence-corrected chi connectivity index (χ2v) is 6.27. The lowest BCUT2D eigenvalue weighted by Crippen LogP contribution is -2.24.